The number of rotatable bonds is 5. The molecule has 0 aliphatic carbocycles. The highest BCUT2D eigenvalue weighted by molar-refractivity contribution is 6.36. The number of aliphatic hydroxyl groups excluding tert-OH is 1. The first kappa shape index (κ1) is 13.4. The number of nitrogens with one attached hydrogen (secondary N) is 2. The maximum absolute atomic E-state index is 9.65. The van der Waals surface area contributed by atoms with Gasteiger partial charge in [0.2, 0.25) is 0 Å². The van der Waals surface area contributed by atoms with Gasteiger partial charge in [-0.1, -0.05) is 29.8 Å². The van der Waals surface area contributed by atoms with Crippen LogP contribution in [0.5, 0.6) is 0 Å². The molecule has 5 heteroatoms. The number of fused-ring (bicyclic) bond motifs is 1. The van der Waals surface area contributed by atoms with E-state index in [4.69, 9.17) is 16.7 Å². The molecule has 0 bridgehead atoms. The number of aromatic nitrogens is 1. The molecule has 0 spiro atoms. The van der Waals surface area contributed by atoms with Gasteiger partial charge in [0.1, 0.15) is 0 Å². The lowest BCUT2D eigenvalue weighted by atomic mass is 10.1. The Kier molecular flexibility index (Phi) is 3.92. The van der Waals surface area contributed by atoms with Gasteiger partial charge in [-0.2, -0.15) is 0 Å². The van der Waals surface area contributed by atoms with E-state index in [9.17, 15) is 5.11 Å². The van der Waals surface area contributed by atoms with E-state index < -0.39 is 5.60 Å². The molecular weight excluding hydrogens is 252 g/mol. The molecule has 1 unspecified atom stereocenters. The van der Waals surface area contributed by atoms with Gasteiger partial charge in [-0.3, -0.25) is 0 Å². The first-order valence-corrected chi connectivity index (χ1v) is 6.20. The van der Waals surface area contributed by atoms with Gasteiger partial charge in [-0.05, 0) is 13.0 Å². The number of aromatic amines is 1. The van der Waals surface area contributed by atoms with Crippen LogP contribution in [0.2, 0.25) is 5.02 Å². The van der Waals surface area contributed by atoms with Crippen molar-refractivity contribution in [1.29, 1.82) is 0 Å². The van der Waals surface area contributed by atoms with Crippen molar-refractivity contribution in [1.82, 2.24) is 10.3 Å². The normalized spacial score (nSPS) is 14.9. The van der Waals surface area contributed by atoms with Crippen molar-refractivity contribution in [3.05, 3.63) is 35.0 Å². The average molecular weight is 269 g/mol. The summed E-state index contributed by atoms with van der Waals surface area (Å²) in [5.74, 6) is 0. The SMILES string of the molecule is CC(O)(CO)CNCc1[nH]c2ccccc2c1Cl. The van der Waals surface area contributed by atoms with E-state index in [2.05, 4.69) is 10.3 Å². The van der Waals surface area contributed by atoms with Crippen LogP contribution in [0.4, 0.5) is 0 Å². The fraction of sp³-hybridized carbons (Fsp3) is 0.385. The highest BCUT2D eigenvalue weighted by Gasteiger charge is 2.18. The summed E-state index contributed by atoms with van der Waals surface area (Å²) in [5, 5.41) is 23.3. The van der Waals surface area contributed by atoms with Gasteiger partial charge in [0.05, 0.1) is 17.2 Å². The van der Waals surface area contributed by atoms with E-state index >= 15 is 0 Å². The molecule has 4 N–H and O–H groups in total. The standard InChI is InChI=1S/C13H17ClN2O2/c1-13(18,8-17)7-15-6-11-12(14)9-4-2-3-5-10(9)16-11/h2-5,15-18H,6-8H2,1H3. The zero-order valence-corrected chi connectivity index (χ0v) is 11.0. The van der Waals surface area contributed by atoms with Crippen molar-refractivity contribution >= 4 is 22.5 Å². The van der Waals surface area contributed by atoms with Gasteiger partial charge < -0.3 is 20.5 Å². The Labute approximate surface area is 111 Å². The Hall–Kier alpha value is -1.07. The van der Waals surface area contributed by atoms with Crippen LogP contribution in [-0.4, -0.2) is 33.9 Å². The third-order valence-corrected chi connectivity index (χ3v) is 3.29. The molecule has 2 aromatic rings. The molecular formula is C13H17ClN2O2. The summed E-state index contributed by atoms with van der Waals surface area (Å²) in [6, 6.07) is 7.81. The first-order chi connectivity index (χ1) is 8.53. The van der Waals surface area contributed by atoms with Gasteiger partial charge in [-0.15, -0.1) is 0 Å². The summed E-state index contributed by atoms with van der Waals surface area (Å²) in [6.07, 6.45) is 0. The zero-order chi connectivity index (χ0) is 13.2. The second kappa shape index (κ2) is 5.28. The van der Waals surface area contributed by atoms with E-state index in [0.29, 0.717) is 18.1 Å². The van der Waals surface area contributed by atoms with Crippen LogP contribution in [0, 0.1) is 0 Å². The van der Waals surface area contributed by atoms with Crippen LogP contribution >= 0.6 is 11.6 Å². The predicted octanol–water partition coefficient (Wildman–Crippen LogP) is 1.65. The maximum atomic E-state index is 9.65. The minimum Gasteiger partial charge on any atom is -0.393 e. The van der Waals surface area contributed by atoms with Gasteiger partial charge in [0.25, 0.3) is 0 Å². The van der Waals surface area contributed by atoms with Crippen LogP contribution in [0.3, 0.4) is 0 Å². The molecule has 0 aliphatic rings. The van der Waals surface area contributed by atoms with E-state index in [-0.39, 0.29) is 6.61 Å². The van der Waals surface area contributed by atoms with Gasteiger partial charge in [0, 0.05) is 29.7 Å². The Bertz CT molecular complexity index is 537. The van der Waals surface area contributed by atoms with Gasteiger partial charge in [-0.25, -0.2) is 0 Å². The van der Waals surface area contributed by atoms with Crippen LogP contribution in [0.25, 0.3) is 10.9 Å². The zero-order valence-electron chi connectivity index (χ0n) is 10.2. The quantitative estimate of drug-likeness (QED) is 0.667. The minimum absolute atomic E-state index is 0.277. The molecule has 0 amide bonds. The monoisotopic (exact) mass is 268 g/mol. The molecule has 1 aromatic carbocycles. The molecule has 1 atom stereocenters. The topological polar surface area (TPSA) is 68.3 Å². The number of hydrogen-bond acceptors (Lipinski definition) is 3. The molecule has 1 heterocycles. The molecule has 1 aromatic heterocycles. The second-order valence-corrected chi connectivity index (χ2v) is 5.10. The van der Waals surface area contributed by atoms with E-state index in [0.717, 1.165) is 16.6 Å². The lowest BCUT2D eigenvalue weighted by molar-refractivity contribution is 0.00250. The lowest BCUT2D eigenvalue weighted by Crippen LogP contribution is -2.40. The number of aliphatic hydroxyl groups is 2. The lowest BCUT2D eigenvalue weighted by Gasteiger charge is -2.20. The van der Waals surface area contributed by atoms with Crippen molar-refractivity contribution in [2.45, 2.75) is 19.1 Å². The highest BCUT2D eigenvalue weighted by atomic mass is 35.5. The first-order valence-electron chi connectivity index (χ1n) is 5.82. The largest absolute Gasteiger partial charge is 0.393 e. The van der Waals surface area contributed by atoms with Crippen LogP contribution in [0.1, 0.15) is 12.6 Å². The Balaban J connectivity index is 2.06. The fourth-order valence-electron chi connectivity index (χ4n) is 1.80. The summed E-state index contributed by atoms with van der Waals surface area (Å²) in [5.41, 5.74) is 0.762. The number of H-pyrrole nitrogens is 1. The third kappa shape index (κ3) is 2.84. The number of para-hydroxylation sites is 1. The highest BCUT2D eigenvalue weighted by Crippen LogP contribution is 2.26. The Morgan fingerprint density at radius 1 is 1.39 bits per heavy atom. The van der Waals surface area contributed by atoms with Crippen molar-refractivity contribution in [2.24, 2.45) is 0 Å². The molecule has 18 heavy (non-hydrogen) atoms. The third-order valence-electron chi connectivity index (χ3n) is 2.86. The molecule has 98 valence electrons. The van der Waals surface area contributed by atoms with E-state index in [1.54, 1.807) is 6.92 Å². The number of hydrogen-bond donors (Lipinski definition) is 4. The Morgan fingerprint density at radius 2 is 2.11 bits per heavy atom. The average Bonchev–Trinajstić information content (AvgIpc) is 2.67. The summed E-state index contributed by atoms with van der Waals surface area (Å²) in [6.45, 7) is 2.12. The van der Waals surface area contributed by atoms with Gasteiger partial charge in [0.15, 0.2) is 0 Å². The molecule has 0 saturated heterocycles. The van der Waals surface area contributed by atoms with Crippen molar-refractivity contribution in [3.63, 3.8) is 0 Å². The van der Waals surface area contributed by atoms with Crippen molar-refractivity contribution < 1.29 is 10.2 Å². The summed E-state index contributed by atoms with van der Waals surface area (Å²) < 4.78 is 0. The summed E-state index contributed by atoms with van der Waals surface area (Å²) >= 11 is 6.26. The van der Waals surface area contributed by atoms with E-state index in [1.807, 2.05) is 24.3 Å². The summed E-state index contributed by atoms with van der Waals surface area (Å²) in [7, 11) is 0. The van der Waals surface area contributed by atoms with Gasteiger partial charge >= 0.3 is 0 Å². The van der Waals surface area contributed by atoms with Crippen LogP contribution < -0.4 is 5.32 Å². The number of halogens is 1. The summed E-state index contributed by atoms with van der Waals surface area (Å²) in [4.78, 5) is 3.23. The van der Waals surface area contributed by atoms with Crippen molar-refractivity contribution in [3.8, 4) is 0 Å². The number of benzene rings is 1. The molecule has 4 nitrogen and oxygen atoms in total. The van der Waals surface area contributed by atoms with E-state index in [1.165, 1.54) is 0 Å². The fourth-order valence-corrected chi connectivity index (χ4v) is 2.08. The molecule has 2 rings (SSSR count). The molecule has 0 radical (unpaired) electrons. The Morgan fingerprint density at radius 3 is 2.78 bits per heavy atom. The van der Waals surface area contributed by atoms with Crippen LogP contribution in [-0.2, 0) is 6.54 Å². The van der Waals surface area contributed by atoms with Crippen LogP contribution in [0.15, 0.2) is 24.3 Å². The molecule has 0 fully saturated rings. The maximum Gasteiger partial charge on any atom is 0.0972 e. The predicted molar refractivity (Wildman–Crippen MR) is 72.7 cm³/mol. The van der Waals surface area contributed by atoms with Crippen molar-refractivity contribution in [2.75, 3.05) is 13.2 Å². The second-order valence-electron chi connectivity index (χ2n) is 4.72. The minimum atomic E-state index is -1.11. The molecule has 0 saturated carbocycles. The molecule has 0 aliphatic heterocycles. The smallest absolute Gasteiger partial charge is 0.0972 e.